The number of pyridine rings is 1. The predicted octanol–water partition coefficient (Wildman–Crippen LogP) is 4.68. The number of rotatable bonds is 26. The molecule has 0 N–H and O–H groups in total. The van der Waals surface area contributed by atoms with Gasteiger partial charge in [0.15, 0.2) is 12.4 Å². The van der Waals surface area contributed by atoms with Crippen molar-refractivity contribution in [2.75, 3.05) is 33.0 Å². The van der Waals surface area contributed by atoms with Crippen molar-refractivity contribution in [1.82, 2.24) is 0 Å². The van der Waals surface area contributed by atoms with E-state index in [2.05, 4.69) is 42.1 Å². The second kappa shape index (κ2) is 28.1. The molecule has 0 amide bonds. The van der Waals surface area contributed by atoms with E-state index in [1.165, 1.54) is 83.5 Å². The topological polar surface area (TPSA) is 31.6 Å². The van der Waals surface area contributed by atoms with Crippen molar-refractivity contribution in [3.63, 3.8) is 0 Å². The van der Waals surface area contributed by atoms with Gasteiger partial charge in [-0.1, -0.05) is 96.5 Å². The summed E-state index contributed by atoms with van der Waals surface area (Å²) >= 11 is 0. The molecule has 5 heteroatoms. The summed E-state index contributed by atoms with van der Waals surface area (Å²) in [6.07, 6.45) is 25.9. The zero-order valence-corrected chi connectivity index (χ0v) is 24.7. The second-order valence-electron chi connectivity index (χ2n) is 9.64. The van der Waals surface area contributed by atoms with Gasteiger partial charge in [-0.05, 0) is 19.8 Å². The van der Waals surface area contributed by atoms with Crippen LogP contribution in [-0.4, -0.2) is 39.1 Å². The molecular formula is C30H56BrNO3. The van der Waals surface area contributed by atoms with Crippen LogP contribution >= 0.6 is 0 Å². The fraction of sp³-hybridized carbons (Fsp3) is 0.833. The summed E-state index contributed by atoms with van der Waals surface area (Å²) < 4.78 is 19.7. The number of halogens is 1. The molecule has 0 saturated heterocycles. The van der Waals surface area contributed by atoms with Gasteiger partial charge in [0.05, 0.1) is 13.2 Å². The molecule has 0 radical (unpaired) electrons. The Bertz CT molecular complexity index is 518. The van der Waals surface area contributed by atoms with Gasteiger partial charge in [-0.3, -0.25) is 0 Å². The molecule has 1 rings (SSSR count). The van der Waals surface area contributed by atoms with Crippen LogP contribution in [-0.2, 0) is 20.8 Å². The number of aromatic nitrogens is 1. The molecule has 0 saturated carbocycles. The van der Waals surface area contributed by atoms with Gasteiger partial charge in [0, 0.05) is 38.4 Å². The van der Waals surface area contributed by atoms with Crippen LogP contribution in [0.4, 0.5) is 0 Å². The van der Waals surface area contributed by atoms with E-state index in [1.54, 1.807) is 0 Å². The normalized spacial score (nSPS) is 11.9. The lowest BCUT2D eigenvalue weighted by Crippen LogP contribution is -3.00. The average molecular weight is 559 g/mol. The van der Waals surface area contributed by atoms with Crippen LogP contribution in [0.5, 0.6) is 0 Å². The van der Waals surface area contributed by atoms with Crippen LogP contribution in [0.2, 0.25) is 0 Å². The highest BCUT2D eigenvalue weighted by Crippen LogP contribution is 2.13. The molecule has 206 valence electrons. The monoisotopic (exact) mass is 557 g/mol. The molecule has 4 nitrogen and oxygen atoms in total. The Morgan fingerprint density at radius 1 is 0.571 bits per heavy atom. The molecule has 1 unspecified atom stereocenters. The number of hydrogen-bond donors (Lipinski definition) is 0. The molecule has 1 heterocycles. The van der Waals surface area contributed by atoms with E-state index in [0.29, 0.717) is 19.8 Å². The molecular weight excluding hydrogens is 502 g/mol. The van der Waals surface area contributed by atoms with Crippen molar-refractivity contribution in [3.8, 4) is 0 Å². The lowest BCUT2D eigenvalue weighted by molar-refractivity contribution is -0.697. The minimum atomic E-state index is 0. The molecule has 0 fully saturated rings. The Labute approximate surface area is 228 Å². The molecule has 35 heavy (non-hydrogen) atoms. The van der Waals surface area contributed by atoms with Crippen molar-refractivity contribution in [2.45, 2.75) is 129 Å². The fourth-order valence-corrected chi connectivity index (χ4v) is 4.29. The van der Waals surface area contributed by atoms with E-state index in [-0.39, 0.29) is 23.1 Å². The van der Waals surface area contributed by atoms with E-state index in [4.69, 9.17) is 14.2 Å². The van der Waals surface area contributed by atoms with Crippen molar-refractivity contribution in [2.24, 2.45) is 0 Å². The summed E-state index contributed by atoms with van der Waals surface area (Å²) in [4.78, 5) is 0. The van der Waals surface area contributed by atoms with E-state index in [9.17, 15) is 0 Å². The molecule has 0 aliphatic heterocycles. The van der Waals surface area contributed by atoms with Crippen molar-refractivity contribution < 1.29 is 35.8 Å². The van der Waals surface area contributed by atoms with Gasteiger partial charge in [0.25, 0.3) is 0 Å². The Balaban J connectivity index is 0.0000116. The fourth-order valence-electron chi connectivity index (χ4n) is 4.29. The van der Waals surface area contributed by atoms with Crippen molar-refractivity contribution in [3.05, 3.63) is 30.6 Å². The van der Waals surface area contributed by atoms with E-state index >= 15 is 0 Å². The van der Waals surface area contributed by atoms with Gasteiger partial charge in [0.2, 0.25) is 0 Å². The Morgan fingerprint density at radius 2 is 1.03 bits per heavy atom. The minimum absolute atomic E-state index is 0. The number of aryl methyl sites for hydroxylation is 1. The maximum atomic E-state index is 5.88. The first-order valence-corrected chi connectivity index (χ1v) is 14.6. The van der Waals surface area contributed by atoms with Crippen molar-refractivity contribution >= 4 is 0 Å². The molecule has 0 aliphatic rings. The number of hydrogen-bond acceptors (Lipinski definition) is 3. The van der Waals surface area contributed by atoms with Gasteiger partial charge in [-0.15, -0.1) is 0 Å². The van der Waals surface area contributed by atoms with Gasteiger partial charge in [-0.2, -0.15) is 0 Å². The van der Waals surface area contributed by atoms with Crippen LogP contribution in [0.25, 0.3) is 0 Å². The average Bonchev–Trinajstić information content (AvgIpc) is 2.86. The smallest absolute Gasteiger partial charge is 0.168 e. The zero-order valence-electron chi connectivity index (χ0n) is 23.1. The second-order valence-corrected chi connectivity index (χ2v) is 9.64. The highest BCUT2D eigenvalue weighted by Gasteiger charge is 2.09. The summed E-state index contributed by atoms with van der Waals surface area (Å²) in [7, 11) is 0. The summed E-state index contributed by atoms with van der Waals surface area (Å²) in [5.41, 5.74) is 0. The Hall–Kier alpha value is -0.490. The largest absolute Gasteiger partial charge is 1.00 e. The van der Waals surface area contributed by atoms with Gasteiger partial charge in [0.1, 0.15) is 12.6 Å². The SMILES string of the molecule is CCCCCCCCCCCCCCCCOCC(COCCCC[n+]1ccccc1)OCC.[Br-]. The number of ether oxygens (including phenoxy) is 3. The lowest BCUT2D eigenvalue weighted by atomic mass is 10.0. The Morgan fingerprint density at radius 3 is 1.51 bits per heavy atom. The molecule has 1 aromatic rings. The van der Waals surface area contributed by atoms with Gasteiger partial charge >= 0.3 is 0 Å². The quantitative estimate of drug-likeness (QED) is 0.122. The van der Waals surface area contributed by atoms with Gasteiger partial charge in [-0.25, -0.2) is 4.57 Å². The lowest BCUT2D eigenvalue weighted by Gasteiger charge is -2.17. The molecule has 1 atom stereocenters. The first-order valence-electron chi connectivity index (χ1n) is 14.6. The van der Waals surface area contributed by atoms with E-state index < -0.39 is 0 Å². The maximum absolute atomic E-state index is 5.88. The molecule has 0 spiro atoms. The van der Waals surface area contributed by atoms with E-state index in [0.717, 1.165) is 39.0 Å². The molecule has 1 aromatic heterocycles. The summed E-state index contributed by atoms with van der Waals surface area (Å²) in [6, 6.07) is 6.19. The highest BCUT2D eigenvalue weighted by molar-refractivity contribution is 4.83. The third-order valence-corrected chi connectivity index (χ3v) is 6.38. The van der Waals surface area contributed by atoms with Crippen LogP contribution < -0.4 is 21.5 Å². The summed E-state index contributed by atoms with van der Waals surface area (Å²) in [5, 5.41) is 0. The number of nitrogens with zero attached hydrogens (tertiary/aromatic N) is 1. The Kier molecular flexibility index (Phi) is 27.7. The van der Waals surface area contributed by atoms with Crippen LogP contribution in [0.3, 0.4) is 0 Å². The molecule has 0 aliphatic carbocycles. The number of unbranched alkanes of at least 4 members (excludes halogenated alkanes) is 14. The molecule has 0 bridgehead atoms. The predicted molar refractivity (Wildman–Crippen MR) is 143 cm³/mol. The van der Waals surface area contributed by atoms with Crippen LogP contribution in [0.15, 0.2) is 30.6 Å². The maximum Gasteiger partial charge on any atom is 0.168 e. The standard InChI is InChI=1S/C30H56NO3.BrH/c1-3-5-6-7-8-9-10-11-12-13-14-15-16-21-26-32-28-30(34-4-2)29-33-27-22-20-25-31-23-18-17-19-24-31;/h17-19,23-24,30H,3-16,20-22,25-29H2,1-2H3;1H/q+1;/p-1. The minimum Gasteiger partial charge on any atom is -1.00 e. The summed E-state index contributed by atoms with van der Waals surface area (Å²) in [5.74, 6) is 0. The molecule has 0 aromatic carbocycles. The first kappa shape index (κ1) is 34.5. The third kappa shape index (κ3) is 23.6. The van der Waals surface area contributed by atoms with E-state index in [1.807, 2.05) is 6.92 Å². The highest BCUT2D eigenvalue weighted by atomic mass is 79.9. The zero-order chi connectivity index (χ0) is 24.4. The van der Waals surface area contributed by atoms with Crippen LogP contribution in [0.1, 0.15) is 117 Å². The summed E-state index contributed by atoms with van der Waals surface area (Å²) in [6.45, 7) is 8.99. The van der Waals surface area contributed by atoms with Crippen LogP contribution in [0, 0.1) is 0 Å². The first-order chi connectivity index (χ1) is 16.9. The van der Waals surface area contributed by atoms with Crippen molar-refractivity contribution in [1.29, 1.82) is 0 Å². The van der Waals surface area contributed by atoms with Gasteiger partial charge < -0.3 is 31.2 Å². The third-order valence-electron chi connectivity index (χ3n) is 6.38.